The average molecular weight is 478 g/mol. The average Bonchev–Trinajstić information content (AvgIpc) is 3.48. The van der Waals surface area contributed by atoms with Crippen molar-refractivity contribution in [2.75, 3.05) is 10.6 Å². The predicted molar refractivity (Wildman–Crippen MR) is 131 cm³/mol. The van der Waals surface area contributed by atoms with Crippen LogP contribution < -0.4 is 21.9 Å². The van der Waals surface area contributed by atoms with E-state index >= 15 is 0 Å². The van der Waals surface area contributed by atoms with E-state index in [1.807, 2.05) is 37.3 Å². The number of nitrogens with zero attached hydrogens (tertiary/aromatic N) is 3. The highest BCUT2D eigenvalue weighted by molar-refractivity contribution is 5.96. The first-order valence-electron chi connectivity index (χ1n) is 11.4. The van der Waals surface area contributed by atoms with Gasteiger partial charge in [0, 0.05) is 12.1 Å². The third kappa shape index (κ3) is 5.11. The molecule has 0 aliphatic rings. The Morgan fingerprint density at radius 3 is 2.63 bits per heavy atom. The lowest BCUT2D eigenvalue weighted by Gasteiger charge is -2.23. The lowest BCUT2D eigenvalue weighted by molar-refractivity contribution is -0.118. The summed E-state index contributed by atoms with van der Waals surface area (Å²) in [6.45, 7) is 3.97. The number of amides is 1. The van der Waals surface area contributed by atoms with Crippen molar-refractivity contribution in [3.05, 3.63) is 86.8 Å². The SMILES string of the molecule is CCCCn1c(N)c(N(Cc2ccco2)C(=O)Cc2nc(-c3ccccc3)oc2C)c(=O)[nH]c1=O. The fourth-order valence-electron chi connectivity index (χ4n) is 3.76. The molecule has 0 saturated heterocycles. The zero-order chi connectivity index (χ0) is 24.9. The summed E-state index contributed by atoms with van der Waals surface area (Å²) in [5.74, 6) is 0.813. The minimum absolute atomic E-state index is 0.0481. The lowest BCUT2D eigenvalue weighted by Crippen LogP contribution is -2.41. The molecule has 0 atom stereocenters. The number of nitrogens with two attached hydrogens (primary N) is 1. The molecule has 0 unspecified atom stereocenters. The standard InChI is InChI=1S/C25H27N5O5/c1-3-4-12-29-22(26)21(23(32)28-25(29)33)30(15-18-11-8-13-34-18)20(31)14-19-16(2)35-24(27-19)17-9-6-5-7-10-17/h5-11,13H,3-4,12,14-15,26H2,1-2H3,(H,28,32,33). The number of nitrogens with one attached hydrogen (secondary N) is 1. The van der Waals surface area contributed by atoms with Gasteiger partial charge >= 0.3 is 5.69 Å². The minimum Gasteiger partial charge on any atom is -0.467 e. The second kappa shape index (κ2) is 10.3. The van der Waals surface area contributed by atoms with Crippen LogP contribution in [0.25, 0.3) is 11.5 Å². The summed E-state index contributed by atoms with van der Waals surface area (Å²) in [4.78, 5) is 46.8. The number of carbonyl (C=O) groups excluding carboxylic acids is 1. The number of hydrogen-bond donors (Lipinski definition) is 2. The van der Waals surface area contributed by atoms with Gasteiger partial charge in [-0.25, -0.2) is 9.78 Å². The number of carbonyl (C=O) groups is 1. The number of aromatic nitrogens is 3. The van der Waals surface area contributed by atoms with Crippen molar-refractivity contribution in [2.45, 2.75) is 46.2 Å². The maximum Gasteiger partial charge on any atom is 0.330 e. The molecule has 4 aromatic rings. The number of aromatic amines is 1. The normalized spacial score (nSPS) is 11.0. The Hall–Kier alpha value is -4.34. The number of furan rings is 1. The molecule has 4 rings (SSSR count). The van der Waals surface area contributed by atoms with Gasteiger partial charge in [-0.05, 0) is 37.6 Å². The summed E-state index contributed by atoms with van der Waals surface area (Å²) in [5.41, 5.74) is 6.03. The Labute approximate surface area is 201 Å². The number of benzene rings is 1. The molecular weight excluding hydrogens is 450 g/mol. The van der Waals surface area contributed by atoms with Crippen LogP contribution in [0, 0.1) is 6.92 Å². The first-order chi connectivity index (χ1) is 16.9. The van der Waals surface area contributed by atoms with Gasteiger partial charge in [0.05, 0.1) is 24.9 Å². The Morgan fingerprint density at radius 1 is 1.17 bits per heavy atom. The Bertz CT molecular complexity index is 1420. The molecule has 35 heavy (non-hydrogen) atoms. The summed E-state index contributed by atoms with van der Waals surface area (Å²) >= 11 is 0. The smallest absolute Gasteiger partial charge is 0.330 e. The van der Waals surface area contributed by atoms with Crippen molar-refractivity contribution >= 4 is 17.4 Å². The number of nitrogen functional groups attached to an aromatic ring is 1. The summed E-state index contributed by atoms with van der Waals surface area (Å²) in [7, 11) is 0. The van der Waals surface area contributed by atoms with Gasteiger partial charge in [0.1, 0.15) is 17.3 Å². The summed E-state index contributed by atoms with van der Waals surface area (Å²) in [6, 6.07) is 12.7. The van der Waals surface area contributed by atoms with Gasteiger partial charge in [-0.3, -0.25) is 24.0 Å². The highest BCUT2D eigenvalue weighted by Crippen LogP contribution is 2.25. The highest BCUT2D eigenvalue weighted by atomic mass is 16.4. The number of rotatable bonds is 9. The van der Waals surface area contributed by atoms with Crippen LogP contribution in [0.1, 0.15) is 37.0 Å². The number of anilines is 2. The van der Waals surface area contributed by atoms with E-state index < -0.39 is 17.2 Å². The van der Waals surface area contributed by atoms with Crippen molar-refractivity contribution in [1.29, 1.82) is 0 Å². The van der Waals surface area contributed by atoms with E-state index in [9.17, 15) is 14.4 Å². The van der Waals surface area contributed by atoms with Gasteiger partial charge in [-0.1, -0.05) is 31.5 Å². The van der Waals surface area contributed by atoms with E-state index in [0.29, 0.717) is 36.1 Å². The lowest BCUT2D eigenvalue weighted by atomic mass is 10.2. The molecule has 10 nitrogen and oxygen atoms in total. The highest BCUT2D eigenvalue weighted by Gasteiger charge is 2.27. The molecule has 0 spiro atoms. The molecule has 1 amide bonds. The molecule has 0 radical (unpaired) electrons. The maximum absolute atomic E-state index is 13.6. The number of unbranched alkanes of at least 4 members (excludes halogenated alkanes) is 1. The molecule has 0 aliphatic carbocycles. The maximum atomic E-state index is 13.6. The molecule has 3 aromatic heterocycles. The van der Waals surface area contributed by atoms with Crippen molar-refractivity contribution in [3.63, 3.8) is 0 Å². The Morgan fingerprint density at radius 2 is 1.94 bits per heavy atom. The second-order valence-corrected chi connectivity index (χ2v) is 8.12. The van der Waals surface area contributed by atoms with Crippen LogP contribution in [-0.2, 0) is 24.3 Å². The first-order valence-corrected chi connectivity index (χ1v) is 11.4. The van der Waals surface area contributed by atoms with Crippen LogP contribution in [0.4, 0.5) is 11.5 Å². The number of H-pyrrole nitrogens is 1. The van der Waals surface area contributed by atoms with E-state index in [4.69, 9.17) is 14.6 Å². The monoisotopic (exact) mass is 477 g/mol. The molecule has 10 heteroatoms. The summed E-state index contributed by atoms with van der Waals surface area (Å²) in [6.07, 6.45) is 2.84. The Kier molecular flexibility index (Phi) is 7.00. The van der Waals surface area contributed by atoms with Gasteiger partial charge in [0.25, 0.3) is 5.56 Å². The van der Waals surface area contributed by atoms with Crippen LogP contribution in [0.2, 0.25) is 0 Å². The fraction of sp³-hybridized carbons (Fsp3) is 0.280. The van der Waals surface area contributed by atoms with E-state index in [1.165, 1.54) is 15.7 Å². The van der Waals surface area contributed by atoms with Gasteiger partial charge < -0.3 is 14.6 Å². The van der Waals surface area contributed by atoms with Crippen molar-refractivity contribution in [1.82, 2.24) is 14.5 Å². The molecule has 3 N–H and O–H groups in total. The second-order valence-electron chi connectivity index (χ2n) is 8.12. The molecular formula is C25H27N5O5. The van der Waals surface area contributed by atoms with Crippen LogP contribution in [-0.4, -0.2) is 20.4 Å². The minimum atomic E-state index is -0.748. The third-order valence-electron chi connectivity index (χ3n) is 5.65. The van der Waals surface area contributed by atoms with Gasteiger partial charge in [0.15, 0.2) is 5.69 Å². The quantitative estimate of drug-likeness (QED) is 0.377. The van der Waals surface area contributed by atoms with Crippen LogP contribution in [0.3, 0.4) is 0 Å². The molecule has 0 saturated carbocycles. The molecule has 182 valence electrons. The number of aryl methyl sites for hydroxylation is 1. The van der Waals surface area contributed by atoms with Crippen molar-refractivity contribution in [2.24, 2.45) is 0 Å². The van der Waals surface area contributed by atoms with Gasteiger partial charge in [0.2, 0.25) is 11.8 Å². The molecule has 0 aliphatic heterocycles. The van der Waals surface area contributed by atoms with E-state index in [1.54, 1.807) is 19.1 Å². The molecule has 0 fully saturated rings. The summed E-state index contributed by atoms with van der Waals surface area (Å²) < 4.78 is 12.5. The van der Waals surface area contributed by atoms with Crippen LogP contribution in [0.5, 0.6) is 0 Å². The van der Waals surface area contributed by atoms with Gasteiger partial charge in [-0.15, -0.1) is 0 Å². The zero-order valence-electron chi connectivity index (χ0n) is 19.6. The van der Waals surface area contributed by atoms with Crippen LogP contribution in [0.15, 0.2) is 67.2 Å². The number of oxazole rings is 1. The largest absolute Gasteiger partial charge is 0.467 e. The number of hydrogen-bond acceptors (Lipinski definition) is 7. The molecule has 1 aromatic carbocycles. The summed E-state index contributed by atoms with van der Waals surface area (Å²) in [5, 5.41) is 0. The van der Waals surface area contributed by atoms with Crippen LogP contribution >= 0.6 is 0 Å². The first kappa shape index (κ1) is 23.8. The van der Waals surface area contributed by atoms with Crippen molar-refractivity contribution < 1.29 is 13.6 Å². The van der Waals surface area contributed by atoms with E-state index in [0.717, 1.165) is 12.0 Å². The topological polar surface area (TPSA) is 140 Å². The van der Waals surface area contributed by atoms with Crippen molar-refractivity contribution in [3.8, 4) is 11.5 Å². The van der Waals surface area contributed by atoms with Gasteiger partial charge in [-0.2, -0.15) is 0 Å². The molecule has 0 bridgehead atoms. The molecule has 3 heterocycles. The fourth-order valence-corrected chi connectivity index (χ4v) is 3.76. The Balaban J connectivity index is 1.72. The zero-order valence-corrected chi connectivity index (χ0v) is 19.6. The van der Waals surface area contributed by atoms with E-state index in [-0.39, 0.29) is 24.5 Å². The third-order valence-corrected chi connectivity index (χ3v) is 5.65. The van der Waals surface area contributed by atoms with E-state index in [2.05, 4.69) is 9.97 Å². The predicted octanol–water partition coefficient (Wildman–Crippen LogP) is 3.25.